The number of benzene rings is 1. The summed E-state index contributed by atoms with van der Waals surface area (Å²) in [5, 5.41) is 17.6. The lowest BCUT2D eigenvalue weighted by Crippen LogP contribution is -2.34. The maximum atomic E-state index is 10.1. The van der Waals surface area contributed by atoms with E-state index in [4.69, 9.17) is 9.15 Å². The maximum absolute atomic E-state index is 10.1. The Kier molecular flexibility index (Phi) is 4.16. The second-order valence-electron chi connectivity index (χ2n) is 4.49. The molecule has 0 aliphatic heterocycles. The summed E-state index contributed by atoms with van der Waals surface area (Å²) in [5.74, 6) is 1.19. The smallest absolute Gasteiger partial charge is 0.247 e. The van der Waals surface area contributed by atoms with E-state index in [1.165, 1.54) is 6.39 Å². The molecule has 0 unspecified atom stereocenters. The molecule has 2 rings (SSSR count). The van der Waals surface area contributed by atoms with Crippen molar-refractivity contribution in [3.8, 4) is 17.2 Å². The summed E-state index contributed by atoms with van der Waals surface area (Å²) in [7, 11) is 0. The van der Waals surface area contributed by atoms with Crippen molar-refractivity contribution in [1.82, 2.24) is 10.2 Å². The van der Waals surface area contributed by atoms with Gasteiger partial charge in [-0.3, -0.25) is 0 Å². The number of aliphatic hydroxyl groups is 1. The van der Waals surface area contributed by atoms with Crippen molar-refractivity contribution in [3.63, 3.8) is 0 Å². The first kappa shape index (κ1) is 13.5. The molecule has 5 heteroatoms. The van der Waals surface area contributed by atoms with E-state index in [0.717, 1.165) is 5.56 Å². The standard InChI is InChI=1S/C14H18N2O3/c1-3-14(17,4-2)9-18-12-7-5-11(6-8-12)13-16-15-10-19-13/h5-8,10,17H,3-4,9H2,1-2H3. The Labute approximate surface area is 112 Å². The highest BCUT2D eigenvalue weighted by Crippen LogP contribution is 2.22. The van der Waals surface area contributed by atoms with E-state index in [-0.39, 0.29) is 0 Å². The lowest BCUT2D eigenvalue weighted by Gasteiger charge is -2.25. The zero-order valence-corrected chi connectivity index (χ0v) is 11.2. The summed E-state index contributed by atoms with van der Waals surface area (Å²) in [6.45, 7) is 4.19. The van der Waals surface area contributed by atoms with Gasteiger partial charge in [0.2, 0.25) is 12.3 Å². The van der Waals surface area contributed by atoms with E-state index in [1.54, 1.807) is 0 Å². The van der Waals surface area contributed by atoms with Gasteiger partial charge in [0, 0.05) is 5.56 Å². The number of hydrogen-bond donors (Lipinski definition) is 1. The average Bonchev–Trinajstić information content (AvgIpc) is 2.99. The van der Waals surface area contributed by atoms with Gasteiger partial charge in [0.15, 0.2) is 0 Å². The first-order valence-corrected chi connectivity index (χ1v) is 6.38. The first-order chi connectivity index (χ1) is 9.17. The Balaban J connectivity index is 2.00. The summed E-state index contributed by atoms with van der Waals surface area (Å²) in [6.07, 6.45) is 2.63. The van der Waals surface area contributed by atoms with Crippen LogP contribution >= 0.6 is 0 Å². The Bertz CT molecular complexity index is 490. The summed E-state index contributed by atoms with van der Waals surface area (Å²) in [4.78, 5) is 0. The van der Waals surface area contributed by atoms with Crippen LogP contribution in [0.1, 0.15) is 26.7 Å². The summed E-state index contributed by atoms with van der Waals surface area (Å²) >= 11 is 0. The Morgan fingerprint density at radius 2 is 1.89 bits per heavy atom. The predicted octanol–water partition coefficient (Wildman–Crippen LogP) is 2.67. The molecule has 2 aromatic rings. The number of nitrogens with zero attached hydrogens (tertiary/aromatic N) is 2. The molecule has 0 atom stereocenters. The van der Waals surface area contributed by atoms with Crippen molar-refractivity contribution in [2.45, 2.75) is 32.3 Å². The molecule has 0 amide bonds. The van der Waals surface area contributed by atoms with Crippen LogP contribution in [0.25, 0.3) is 11.5 Å². The van der Waals surface area contributed by atoms with Gasteiger partial charge in [-0.15, -0.1) is 10.2 Å². The topological polar surface area (TPSA) is 68.4 Å². The molecule has 0 spiro atoms. The fourth-order valence-corrected chi connectivity index (χ4v) is 1.66. The molecule has 1 heterocycles. The normalized spacial score (nSPS) is 11.5. The van der Waals surface area contributed by atoms with Crippen LogP contribution in [0.4, 0.5) is 0 Å². The van der Waals surface area contributed by atoms with Gasteiger partial charge in [0.05, 0.1) is 5.60 Å². The largest absolute Gasteiger partial charge is 0.491 e. The van der Waals surface area contributed by atoms with E-state index in [0.29, 0.717) is 31.1 Å². The molecule has 102 valence electrons. The van der Waals surface area contributed by atoms with Gasteiger partial charge in [0.1, 0.15) is 12.4 Å². The monoisotopic (exact) mass is 262 g/mol. The van der Waals surface area contributed by atoms with E-state index < -0.39 is 5.60 Å². The molecular weight excluding hydrogens is 244 g/mol. The highest BCUT2D eigenvalue weighted by Gasteiger charge is 2.23. The molecule has 19 heavy (non-hydrogen) atoms. The quantitative estimate of drug-likeness (QED) is 0.866. The van der Waals surface area contributed by atoms with Crippen molar-refractivity contribution >= 4 is 0 Å². The molecule has 0 fully saturated rings. The molecule has 0 aliphatic rings. The molecule has 1 N–H and O–H groups in total. The highest BCUT2D eigenvalue weighted by atomic mass is 16.5. The third kappa shape index (κ3) is 3.32. The lowest BCUT2D eigenvalue weighted by atomic mass is 9.99. The maximum Gasteiger partial charge on any atom is 0.247 e. The third-order valence-electron chi connectivity index (χ3n) is 3.29. The number of aromatic nitrogens is 2. The van der Waals surface area contributed by atoms with Crippen LogP contribution in [0.2, 0.25) is 0 Å². The molecule has 0 aliphatic carbocycles. The van der Waals surface area contributed by atoms with Gasteiger partial charge in [-0.25, -0.2) is 0 Å². The molecular formula is C14H18N2O3. The predicted molar refractivity (Wildman–Crippen MR) is 70.8 cm³/mol. The fourth-order valence-electron chi connectivity index (χ4n) is 1.66. The van der Waals surface area contributed by atoms with Gasteiger partial charge >= 0.3 is 0 Å². The fraction of sp³-hybridized carbons (Fsp3) is 0.429. The van der Waals surface area contributed by atoms with E-state index >= 15 is 0 Å². The minimum absolute atomic E-state index is 0.292. The molecule has 1 aromatic carbocycles. The van der Waals surface area contributed by atoms with Crippen molar-refractivity contribution in [1.29, 1.82) is 0 Å². The molecule has 0 bridgehead atoms. The van der Waals surface area contributed by atoms with Crippen LogP contribution in [-0.2, 0) is 0 Å². The van der Waals surface area contributed by atoms with Crippen molar-refractivity contribution in [2.75, 3.05) is 6.61 Å². The van der Waals surface area contributed by atoms with Crippen LogP contribution in [-0.4, -0.2) is 27.5 Å². The Hall–Kier alpha value is -1.88. The van der Waals surface area contributed by atoms with Crippen LogP contribution in [0.15, 0.2) is 35.1 Å². The molecule has 0 radical (unpaired) electrons. The second kappa shape index (κ2) is 5.84. The molecule has 5 nitrogen and oxygen atoms in total. The zero-order valence-electron chi connectivity index (χ0n) is 11.2. The number of ether oxygens (including phenoxy) is 1. The van der Waals surface area contributed by atoms with Crippen molar-refractivity contribution in [3.05, 3.63) is 30.7 Å². The van der Waals surface area contributed by atoms with Crippen LogP contribution < -0.4 is 4.74 Å². The molecule has 0 saturated heterocycles. The lowest BCUT2D eigenvalue weighted by molar-refractivity contribution is -0.0113. The summed E-state index contributed by atoms with van der Waals surface area (Å²) in [5.41, 5.74) is 0.0802. The van der Waals surface area contributed by atoms with Crippen molar-refractivity contribution in [2.24, 2.45) is 0 Å². The highest BCUT2D eigenvalue weighted by molar-refractivity contribution is 5.53. The average molecular weight is 262 g/mol. The van der Waals surface area contributed by atoms with Crippen LogP contribution in [0, 0.1) is 0 Å². The SMILES string of the molecule is CCC(O)(CC)COc1ccc(-c2nnco2)cc1. The number of hydrogen-bond acceptors (Lipinski definition) is 5. The van der Waals surface area contributed by atoms with Crippen molar-refractivity contribution < 1.29 is 14.3 Å². The second-order valence-corrected chi connectivity index (χ2v) is 4.49. The minimum Gasteiger partial charge on any atom is -0.491 e. The first-order valence-electron chi connectivity index (χ1n) is 6.38. The van der Waals surface area contributed by atoms with E-state index in [1.807, 2.05) is 38.1 Å². The van der Waals surface area contributed by atoms with Gasteiger partial charge in [-0.1, -0.05) is 13.8 Å². The Morgan fingerprint density at radius 3 is 2.42 bits per heavy atom. The van der Waals surface area contributed by atoms with E-state index in [9.17, 15) is 5.11 Å². The van der Waals surface area contributed by atoms with Gasteiger partial charge in [-0.2, -0.15) is 0 Å². The Morgan fingerprint density at radius 1 is 1.21 bits per heavy atom. The third-order valence-corrected chi connectivity index (χ3v) is 3.29. The molecule has 0 saturated carbocycles. The van der Waals surface area contributed by atoms with Crippen LogP contribution in [0.5, 0.6) is 5.75 Å². The number of rotatable bonds is 6. The summed E-state index contributed by atoms with van der Waals surface area (Å²) in [6, 6.07) is 7.34. The van der Waals surface area contributed by atoms with Gasteiger partial charge in [-0.05, 0) is 37.1 Å². The minimum atomic E-state index is -0.759. The van der Waals surface area contributed by atoms with Gasteiger partial charge in [0.25, 0.3) is 0 Å². The molecule has 1 aromatic heterocycles. The van der Waals surface area contributed by atoms with E-state index in [2.05, 4.69) is 10.2 Å². The van der Waals surface area contributed by atoms with Crippen LogP contribution in [0.3, 0.4) is 0 Å². The zero-order chi connectivity index (χ0) is 13.7. The van der Waals surface area contributed by atoms with Gasteiger partial charge < -0.3 is 14.3 Å². The summed E-state index contributed by atoms with van der Waals surface area (Å²) < 4.78 is 10.7.